The Morgan fingerprint density at radius 1 is 1.64 bits per heavy atom. The molecule has 0 aliphatic heterocycles. The van der Waals surface area contributed by atoms with Crippen molar-refractivity contribution in [2.45, 2.75) is 13.8 Å². The number of anilines is 1. The Balaban J connectivity index is 2.55. The van der Waals surface area contributed by atoms with Gasteiger partial charge in [0.15, 0.2) is 0 Å². The summed E-state index contributed by atoms with van der Waals surface area (Å²) < 4.78 is 1.04. The van der Waals surface area contributed by atoms with Crippen molar-refractivity contribution in [2.75, 3.05) is 17.7 Å². The van der Waals surface area contributed by atoms with Crippen molar-refractivity contribution in [3.8, 4) is 0 Å². The molecule has 1 N–H and O–H groups in total. The molecule has 1 rings (SSSR count). The van der Waals surface area contributed by atoms with Crippen LogP contribution >= 0.6 is 27.5 Å². The summed E-state index contributed by atoms with van der Waals surface area (Å²) in [5.74, 6) is 2.03. The third kappa shape index (κ3) is 3.46. The molecule has 0 saturated heterocycles. The second-order valence-corrected chi connectivity index (χ2v) is 4.62. The lowest BCUT2D eigenvalue weighted by molar-refractivity contribution is 0.694. The van der Waals surface area contributed by atoms with E-state index >= 15 is 0 Å². The summed E-state index contributed by atoms with van der Waals surface area (Å²) in [7, 11) is 0. The van der Waals surface area contributed by atoms with Crippen LogP contribution in [-0.2, 0) is 0 Å². The minimum atomic E-state index is 0.461. The number of alkyl halides is 1. The van der Waals surface area contributed by atoms with E-state index < -0.39 is 0 Å². The molecule has 0 aliphatic rings. The monoisotopic (exact) mass is 276 g/mol. The van der Waals surface area contributed by atoms with Gasteiger partial charge in [-0.1, -0.05) is 6.92 Å². The van der Waals surface area contributed by atoms with Crippen LogP contribution in [0.15, 0.2) is 16.7 Å². The SMILES string of the molecule is Cc1cc(NCC(C)CCl)ncc1Br. The molecule has 0 bridgehead atoms. The first kappa shape index (κ1) is 11.8. The summed E-state index contributed by atoms with van der Waals surface area (Å²) in [6.45, 7) is 5.01. The van der Waals surface area contributed by atoms with Gasteiger partial charge < -0.3 is 5.32 Å². The second kappa shape index (κ2) is 5.56. The normalized spacial score (nSPS) is 12.6. The van der Waals surface area contributed by atoms with Gasteiger partial charge in [0.05, 0.1) is 0 Å². The number of aryl methyl sites for hydroxylation is 1. The van der Waals surface area contributed by atoms with E-state index in [9.17, 15) is 0 Å². The first-order valence-electron chi connectivity index (χ1n) is 4.55. The fourth-order valence-electron chi connectivity index (χ4n) is 0.969. The smallest absolute Gasteiger partial charge is 0.126 e. The molecule has 1 aromatic rings. The van der Waals surface area contributed by atoms with Crippen molar-refractivity contribution < 1.29 is 0 Å². The molecule has 0 amide bonds. The highest BCUT2D eigenvalue weighted by Crippen LogP contribution is 2.17. The van der Waals surface area contributed by atoms with Crippen LogP contribution in [-0.4, -0.2) is 17.4 Å². The maximum Gasteiger partial charge on any atom is 0.126 e. The minimum Gasteiger partial charge on any atom is -0.370 e. The van der Waals surface area contributed by atoms with E-state index in [1.54, 1.807) is 0 Å². The van der Waals surface area contributed by atoms with Crippen LogP contribution in [0.3, 0.4) is 0 Å². The van der Waals surface area contributed by atoms with E-state index in [4.69, 9.17) is 11.6 Å². The molecule has 2 nitrogen and oxygen atoms in total. The molecule has 0 fully saturated rings. The van der Waals surface area contributed by atoms with Crippen molar-refractivity contribution >= 4 is 33.3 Å². The molecule has 1 heterocycles. The molecular weight excluding hydrogens is 263 g/mol. The van der Waals surface area contributed by atoms with Crippen LogP contribution in [0.5, 0.6) is 0 Å². The molecule has 4 heteroatoms. The van der Waals surface area contributed by atoms with Crippen molar-refractivity contribution in [2.24, 2.45) is 5.92 Å². The van der Waals surface area contributed by atoms with Crippen LogP contribution in [0.1, 0.15) is 12.5 Å². The Hall–Kier alpha value is -0.280. The number of nitrogens with one attached hydrogen (secondary N) is 1. The van der Waals surface area contributed by atoms with Crippen molar-refractivity contribution in [3.63, 3.8) is 0 Å². The molecule has 0 aromatic carbocycles. The van der Waals surface area contributed by atoms with Crippen molar-refractivity contribution in [1.29, 1.82) is 0 Å². The highest BCUT2D eigenvalue weighted by molar-refractivity contribution is 9.10. The molecule has 0 spiro atoms. The Morgan fingerprint density at radius 3 is 2.93 bits per heavy atom. The fraction of sp³-hybridized carbons (Fsp3) is 0.500. The number of hydrogen-bond acceptors (Lipinski definition) is 2. The number of hydrogen-bond donors (Lipinski definition) is 1. The van der Waals surface area contributed by atoms with Gasteiger partial charge in [0.1, 0.15) is 5.82 Å². The fourth-order valence-corrected chi connectivity index (χ4v) is 1.30. The van der Waals surface area contributed by atoms with Gasteiger partial charge in [0.25, 0.3) is 0 Å². The van der Waals surface area contributed by atoms with Crippen LogP contribution in [0.4, 0.5) is 5.82 Å². The van der Waals surface area contributed by atoms with Crippen LogP contribution in [0.2, 0.25) is 0 Å². The zero-order chi connectivity index (χ0) is 10.6. The van der Waals surface area contributed by atoms with Gasteiger partial charge in [0, 0.05) is 23.1 Å². The number of halogens is 2. The van der Waals surface area contributed by atoms with Gasteiger partial charge in [-0.25, -0.2) is 4.98 Å². The highest BCUT2D eigenvalue weighted by Gasteiger charge is 2.01. The number of pyridine rings is 1. The predicted molar refractivity (Wildman–Crippen MR) is 65.0 cm³/mol. The van der Waals surface area contributed by atoms with E-state index in [2.05, 4.69) is 33.2 Å². The maximum atomic E-state index is 5.71. The van der Waals surface area contributed by atoms with Crippen molar-refractivity contribution in [1.82, 2.24) is 4.98 Å². The van der Waals surface area contributed by atoms with Gasteiger partial charge in [-0.15, -0.1) is 11.6 Å². The molecular formula is C10H14BrClN2. The molecule has 0 radical (unpaired) electrons. The van der Waals surface area contributed by atoms with Crippen LogP contribution in [0, 0.1) is 12.8 Å². The molecule has 1 unspecified atom stereocenters. The lowest BCUT2D eigenvalue weighted by atomic mass is 10.2. The highest BCUT2D eigenvalue weighted by atomic mass is 79.9. The summed E-state index contributed by atoms with van der Waals surface area (Å²) in [5.41, 5.74) is 1.18. The Kier molecular flexibility index (Phi) is 4.69. The summed E-state index contributed by atoms with van der Waals surface area (Å²) in [4.78, 5) is 4.24. The predicted octanol–water partition coefficient (Wildman–Crippen LogP) is 3.44. The van der Waals surface area contributed by atoms with Crippen LogP contribution < -0.4 is 5.32 Å². The molecule has 14 heavy (non-hydrogen) atoms. The zero-order valence-corrected chi connectivity index (χ0v) is 10.7. The second-order valence-electron chi connectivity index (χ2n) is 3.46. The molecule has 1 atom stereocenters. The summed E-state index contributed by atoms with van der Waals surface area (Å²) >= 11 is 9.12. The van der Waals surface area contributed by atoms with Gasteiger partial charge >= 0.3 is 0 Å². The lowest BCUT2D eigenvalue weighted by Crippen LogP contribution is -2.13. The summed E-state index contributed by atoms with van der Waals surface area (Å²) in [5, 5.41) is 3.25. The zero-order valence-electron chi connectivity index (χ0n) is 8.35. The Labute approximate surface area is 98.2 Å². The van der Waals surface area contributed by atoms with Gasteiger partial charge in [-0.3, -0.25) is 0 Å². The summed E-state index contributed by atoms with van der Waals surface area (Å²) in [6, 6.07) is 2.02. The lowest BCUT2D eigenvalue weighted by Gasteiger charge is -2.10. The van der Waals surface area contributed by atoms with Crippen molar-refractivity contribution in [3.05, 3.63) is 22.3 Å². The third-order valence-electron chi connectivity index (χ3n) is 1.94. The quantitative estimate of drug-likeness (QED) is 0.853. The van der Waals surface area contributed by atoms with Gasteiger partial charge in [-0.2, -0.15) is 0 Å². The first-order valence-corrected chi connectivity index (χ1v) is 5.88. The van der Waals surface area contributed by atoms with Crippen LogP contribution in [0.25, 0.3) is 0 Å². The first-order chi connectivity index (χ1) is 6.63. The molecule has 0 saturated carbocycles. The van der Waals surface area contributed by atoms with E-state index in [0.29, 0.717) is 11.8 Å². The number of rotatable bonds is 4. The van der Waals surface area contributed by atoms with Gasteiger partial charge in [0.2, 0.25) is 0 Å². The topological polar surface area (TPSA) is 24.9 Å². The largest absolute Gasteiger partial charge is 0.370 e. The van der Waals surface area contributed by atoms with E-state index in [1.165, 1.54) is 5.56 Å². The minimum absolute atomic E-state index is 0.461. The maximum absolute atomic E-state index is 5.71. The van der Waals surface area contributed by atoms with E-state index in [1.807, 2.05) is 19.2 Å². The number of nitrogens with zero attached hydrogens (tertiary/aromatic N) is 1. The molecule has 1 aromatic heterocycles. The van der Waals surface area contributed by atoms with E-state index in [-0.39, 0.29) is 0 Å². The average Bonchev–Trinajstić information content (AvgIpc) is 2.19. The molecule has 78 valence electrons. The third-order valence-corrected chi connectivity index (χ3v) is 3.30. The molecule has 0 aliphatic carbocycles. The van der Waals surface area contributed by atoms with Gasteiger partial charge in [-0.05, 0) is 40.4 Å². The number of aromatic nitrogens is 1. The summed E-state index contributed by atoms with van der Waals surface area (Å²) in [6.07, 6.45) is 1.81. The average molecular weight is 278 g/mol. The van der Waals surface area contributed by atoms with E-state index in [0.717, 1.165) is 16.8 Å². The Morgan fingerprint density at radius 2 is 2.36 bits per heavy atom. The Bertz CT molecular complexity index is 304. The standard InChI is InChI=1S/C10H14BrClN2/c1-7(4-12)5-13-10-3-8(2)9(11)6-14-10/h3,6-7H,4-5H2,1-2H3,(H,13,14).